The minimum Gasteiger partial charge on any atom is -0.497 e. The molecule has 4 heteroatoms. The van der Waals surface area contributed by atoms with Gasteiger partial charge in [0, 0.05) is 6.07 Å². The van der Waals surface area contributed by atoms with E-state index in [1.54, 1.807) is 20.3 Å². The van der Waals surface area contributed by atoms with Crippen LogP contribution in [0.15, 0.2) is 18.2 Å². The number of hydrogen-bond donors (Lipinski definition) is 1. The molecule has 1 unspecified atom stereocenters. The van der Waals surface area contributed by atoms with Crippen molar-refractivity contribution >= 4 is 0 Å². The Hall–Kier alpha value is -1.26. The van der Waals surface area contributed by atoms with Gasteiger partial charge in [0.1, 0.15) is 17.6 Å². The van der Waals surface area contributed by atoms with Crippen molar-refractivity contribution in [3.63, 3.8) is 0 Å². The van der Waals surface area contributed by atoms with Crippen LogP contribution >= 0.6 is 0 Å². The monoisotopic (exact) mass is 197 g/mol. The number of benzene rings is 1. The number of ether oxygens (including phenoxy) is 2. The fourth-order valence-electron chi connectivity index (χ4n) is 1.14. The van der Waals surface area contributed by atoms with Crippen LogP contribution in [-0.4, -0.2) is 14.2 Å². The standard InChI is InChI=1S/C10H15NO3/c1-7(14-11)8-4-9(12-2)6-10(5-8)13-3/h4-7H,11H2,1-3H3. The molecule has 4 nitrogen and oxygen atoms in total. The lowest BCUT2D eigenvalue weighted by Gasteiger charge is -2.12. The lowest BCUT2D eigenvalue weighted by atomic mass is 10.1. The lowest BCUT2D eigenvalue weighted by Crippen LogP contribution is -2.05. The largest absolute Gasteiger partial charge is 0.497 e. The molecule has 1 aromatic rings. The summed E-state index contributed by atoms with van der Waals surface area (Å²) in [4.78, 5) is 4.72. The molecule has 0 bridgehead atoms. The van der Waals surface area contributed by atoms with Gasteiger partial charge in [-0.1, -0.05) is 0 Å². The molecule has 78 valence electrons. The zero-order chi connectivity index (χ0) is 10.6. The minimum atomic E-state index is -0.181. The fourth-order valence-corrected chi connectivity index (χ4v) is 1.14. The van der Waals surface area contributed by atoms with Crippen LogP contribution in [0.5, 0.6) is 11.5 Å². The molecule has 1 rings (SSSR count). The fraction of sp³-hybridized carbons (Fsp3) is 0.400. The maximum Gasteiger partial charge on any atom is 0.122 e. The maximum atomic E-state index is 5.12. The van der Waals surface area contributed by atoms with Crippen LogP contribution in [0.1, 0.15) is 18.6 Å². The first-order chi connectivity index (χ1) is 6.71. The normalized spacial score (nSPS) is 12.3. The Morgan fingerprint density at radius 3 is 1.93 bits per heavy atom. The topological polar surface area (TPSA) is 53.7 Å². The van der Waals surface area contributed by atoms with Crippen molar-refractivity contribution in [2.75, 3.05) is 14.2 Å². The van der Waals surface area contributed by atoms with Gasteiger partial charge in [-0.2, -0.15) is 0 Å². The van der Waals surface area contributed by atoms with E-state index in [1.165, 1.54) is 0 Å². The quantitative estimate of drug-likeness (QED) is 0.746. The predicted molar refractivity (Wildman–Crippen MR) is 53.2 cm³/mol. The summed E-state index contributed by atoms with van der Waals surface area (Å²) in [5.41, 5.74) is 0.920. The Morgan fingerprint density at radius 2 is 1.57 bits per heavy atom. The van der Waals surface area contributed by atoms with Gasteiger partial charge >= 0.3 is 0 Å². The SMILES string of the molecule is COc1cc(OC)cc(C(C)ON)c1. The highest BCUT2D eigenvalue weighted by Gasteiger charge is 2.08. The summed E-state index contributed by atoms with van der Waals surface area (Å²) < 4.78 is 10.2. The number of hydrogen-bond acceptors (Lipinski definition) is 4. The first-order valence-electron chi connectivity index (χ1n) is 4.29. The van der Waals surface area contributed by atoms with E-state index in [9.17, 15) is 0 Å². The van der Waals surface area contributed by atoms with E-state index in [0.717, 1.165) is 17.1 Å². The third-order valence-electron chi connectivity index (χ3n) is 2.05. The third-order valence-corrected chi connectivity index (χ3v) is 2.05. The van der Waals surface area contributed by atoms with Gasteiger partial charge in [-0.3, -0.25) is 4.84 Å². The summed E-state index contributed by atoms with van der Waals surface area (Å²) in [5.74, 6) is 6.56. The third kappa shape index (κ3) is 2.37. The van der Waals surface area contributed by atoms with Gasteiger partial charge in [0.2, 0.25) is 0 Å². The molecule has 0 aliphatic rings. The Bertz CT molecular complexity index is 279. The molecule has 1 atom stereocenters. The molecule has 0 amide bonds. The average Bonchev–Trinajstić information content (AvgIpc) is 2.27. The highest BCUT2D eigenvalue weighted by Crippen LogP contribution is 2.26. The molecule has 0 fully saturated rings. The van der Waals surface area contributed by atoms with Crippen LogP contribution in [-0.2, 0) is 4.84 Å². The number of nitrogens with two attached hydrogens (primary N) is 1. The van der Waals surface area contributed by atoms with Crippen molar-refractivity contribution in [3.8, 4) is 11.5 Å². The van der Waals surface area contributed by atoms with Crippen molar-refractivity contribution in [2.24, 2.45) is 5.90 Å². The van der Waals surface area contributed by atoms with E-state index >= 15 is 0 Å². The van der Waals surface area contributed by atoms with Crippen molar-refractivity contribution in [2.45, 2.75) is 13.0 Å². The van der Waals surface area contributed by atoms with E-state index in [1.807, 2.05) is 19.1 Å². The van der Waals surface area contributed by atoms with Crippen molar-refractivity contribution < 1.29 is 14.3 Å². The molecule has 0 aliphatic carbocycles. The first kappa shape index (κ1) is 10.8. The Balaban J connectivity index is 3.04. The second-order valence-electron chi connectivity index (χ2n) is 2.92. The second-order valence-corrected chi connectivity index (χ2v) is 2.92. The van der Waals surface area contributed by atoms with Gasteiger partial charge in [0.15, 0.2) is 0 Å². The first-order valence-corrected chi connectivity index (χ1v) is 4.29. The van der Waals surface area contributed by atoms with Gasteiger partial charge in [-0.15, -0.1) is 0 Å². The Kier molecular flexibility index (Phi) is 3.73. The van der Waals surface area contributed by atoms with Crippen LogP contribution < -0.4 is 15.4 Å². The van der Waals surface area contributed by atoms with Gasteiger partial charge in [-0.25, -0.2) is 5.90 Å². The summed E-state index contributed by atoms with van der Waals surface area (Å²) in [6.07, 6.45) is -0.181. The van der Waals surface area contributed by atoms with Crippen LogP contribution in [0, 0.1) is 0 Å². The van der Waals surface area contributed by atoms with E-state index in [4.69, 9.17) is 20.2 Å². The molecule has 0 saturated carbocycles. The van der Waals surface area contributed by atoms with E-state index < -0.39 is 0 Å². The van der Waals surface area contributed by atoms with Crippen LogP contribution in [0.4, 0.5) is 0 Å². The molecule has 0 saturated heterocycles. The van der Waals surface area contributed by atoms with Crippen LogP contribution in [0.3, 0.4) is 0 Å². The second kappa shape index (κ2) is 4.83. The molecular formula is C10H15NO3. The molecular weight excluding hydrogens is 182 g/mol. The predicted octanol–water partition coefficient (Wildman–Crippen LogP) is 1.66. The molecule has 14 heavy (non-hydrogen) atoms. The summed E-state index contributed by atoms with van der Waals surface area (Å²) in [6.45, 7) is 1.86. The van der Waals surface area contributed by atoms with Crippen LogP contribution in [0.2, 0.25) is 0 Å². The van der Waals surface area contributed by atoms with Crippen molar-refractivity contribution in [1.82, 2.24) is 0 Å². The van der Waals surface area contributed by atoms with E-state index in [-0.39, 0.29) is 6.10 Å². The van der Waals surface area contributed by atoms with Crippen molar-refractivity contribution in [3.05, 3.63) is 23.8 Å². The number of rotatable bonds is 4. The molecule has 0 aromatic heterocycles. The minimum absolute atomic E-state index is 0.181. The van der Waals surface area contributed by atoms with Gasteiger partial charge in [0.25, 0.3) is 0 Å². The smallest absolute Gasteiger partial charge is 0.122 e. The van der Waals surface area contributed by atoms with E-state index in [2.05, 4.69) is 0 Å². The van der Waals surface area contributed by atoms with Crippen LogP contribution in [0.25, 0.3) is 0 Å². The highest BCUT2D eigenvalue weighted by atomic mass is 16.6. The zero-order valence-corrected chi connectivity index (χ0v) is 8.61. The van der Waals surface area contributed by atoms with Gasteiger partial charge in [0.05, 0.1) is 14.2 Å². The molecule has 0 radical (unpaired) electrons. The number of methoxy groups -OCH3 is 2. The summed E-state index contributed by atoms with van der Waals surface area (Å²) in [5, 5.41) is 0. The average molecular weight is 197 g/mol. The summed E-state index contributed by atoms with van der Waals surface area (Å²) in [6, 6.07) is 5.52. The van der Waals surface area contributed by atoms with Gasteiger partial charge in [-0.05, 0) is 24.6 Å². The Morgan fingerprint density at radius 1 is 1.07 bits per heavy atom. The molecule has 2 N–H and O–H groups in total. The Labute approximate surface area is 83.5 Å². The maximum absolute atomic E-state index is 5.12. The van der Waals surface area contributed by atoms with E-state index in [0.29, 0.717) is 0 Å². The molecule has 0 aliphatic heterocycles. The molecule has 0 spiro atoms. The summed E-state index contributed by atoms with van der Waals surface area (Å²) >= 11 is 0. The lowest BCUT2D eigenvalue weighted by molar-refractivity contribution is 0.0661. The summed E-state index contributed by atoms with van der Waals surface area (Å²) in [7, 11) is 3.21. The highest BCUT2D eigenvalue weighted by molar-refractivity contribution is 5.39. The molecule has 0 heterocycles. The molecule has 1 aromatic carbocycles. The van der Waals surface area contributed by atoms with Crippen molar-refractivity contribution in [1.29, 1.82) is 0 Å². The zero-order valence-electron chi connectivity index (χ0n) is 8.61. The van der Waals surface area contributed by atoms with Gasteiger partial charge < -0.3 is 9.47 Å².